The van der Waals surface area contributed by atoms with E-state index in [9.17, 15) is 14.0 Å². The monoisotopic (exact) mass is 367 g/mol. The van der Waals surface area contributed by atoms with Crippen molar-refractivity contribution in [2.24, 2.45) is 0 Å². The van der Waals surface area contributed by atoms with Gasteiger partial charge in [0.05, 0.1) is 23.1 Å². The Bertz CT molecular complexity index is 1010. The molecule has 0 fully saturated rings. The van der Waals surface area contributed by atoms with E-state index in [1.807, 2.05) is 0 Å². The summed E-state index contributed by atoms with van der Waals surface area (Å²) in [6.45, 7) is 0.678. The summed E-state index contributed by atoms with van der Waals surface area (Å²) in [4.78, 5) is 25.3. The lowest BCUT2D eigenvalue weighted by atomic mass is 10.00. The van der Waals surface area contributed by atoms with Crippen molar-refractivity contribution in [3.8, 4) is 11.5 Å². The highest BCUT2D eigenvalue weighted by Gasteiger charge is 2.24. The Kier molecular flexibility index (Phi) is 4.33. The molecule has 1 aromatic heterocycles. The van der Waals surface area contributed by atoms with Gasteiger partial charge in [-0.15, -0.1) is 0 Å². The third kappa shape index (κ3) is 3.27. The van der Waals surface area contributed by atoms with Crippen LogP contribution in [-0.4, -0.2) is 24.9 Å². The third-order valence-corrected chi connectivity index (χ3v) is 4.04. The van der Waals surface area contributed by atoms with E-state index in [-0.39, 0.29) is 22.6 Å². The number of fused-ring (bicyclic) bond motifs is 1. The van der Waals surface area contributed by atoms with Gasteiger partial charge < -0.3 is 19.2 Å². The highest BCUT2D eigenvalue weighted by atomic mass is 19.1. The minimum absolute atomic E-state index is 0.0779. The van der Waals surface area contributed by atoms with Crippen LogP contribution in [0.5, 0.6) is 11.5 Å². The van der Waals surface area contributed by atoms with Crippen LogP contribution in [0.1, 0.15) is 26.5 Å². The molecule has 0 bridgehead atoms. The van der Waals surface area contributed by atoms with E-state index in [1.54, 1.807) is 12.1 Å². The van der Waals surface area contributed by atoms with Gasteiger partial charge in [0.25, 0.3) is 5.91 Å². The molecule has 136 valence electrons. The molecule has 7 heteroatoms. The van der Waals surface area contributed by atoms with Crippen molar-refractivity contribution >= 4 is 17.4 Å². The smallest absolute Gasteiger partial charge is 0.291 e. The van der Waals surface area contributed by atoms with Gasteiger partial charge in [-0.25, -0.2) is 4.39 Å². The van der Waals surface area contributed by atoms with Crippen LogP contribution in [0.4, 0.5) is 10.1 Å². The number of amides is 1. The zero-order chi connectivity index (χ0) is 18.8. The summed E-state index contributed by atoms with van der Waals surface area (Å²) in [5, 5.41) is 2.62. The van der Waals surface area contributed by atoms with E-state index in [4.69, 9.17) is 13.9 Å². The molecule has 1 N–H and O–H groups in total. The van der Waals surface area contributed by atoms with E-state index < -0.39 is 17.5 Å². The van der Waals surface area contributed by atoms with E-state index in [1.165, 1.54) is 42.7 Å². The first-order valence-corrected chi connectivity index (χ1v) is 8.21. The first-order valence-electron chi connectivity index (χ1n) is 8.21. The molecule has 0 unspecified atom stereocenters. The van der Waals surface area contributed by atoms with Crippen LogP contribution in [0.3, 0.4) is 0 Å². The van der Waals surface area contributed by atoms with E-state index in [0.717, 1.165) is 0 Å². The van der Waals surface area contributed by atoms with Gasteiger partial charge >= 0.3 is 0 Å². The van der Waals surface area contributed by atoms with Gasteiger partial charge in [-0.05, 0) is 30.3 Å². The minimum Gasteiger partial charge on any atom is -0.486 e. The number of nitrogens with one attached hydrogen (secondary N) is 1. The number of carbonyl (C=O) groups is 2. The molecule has 1 aliphatic heterocycles. The predicted molar refractivity (Wildman–Crippen MR) is 93.9 cm³/mol. The lowest BCUT2D eigenvalue weighted by molar-refractivity contribution is 0.0996. The summed E-state index contributed by atoms with van der Waals surface area (Å²) in [5.41, 5.74) is 0.154. The van der Waals surface area contributed by atoms with Crippen LogP contribution >= 0.6 is 0 Å². The molecule has 0 spiro atoms. The van der Waals surface area contributed by atoms with E-state index in [0.29, 0.717) is 24.7 Å². The van der Waals surface area contributed by atoms with Gasteiger partial charge in [0.2, 0.25) is 0 Å². The van der Waals surface area contributed by atoms with Gasteiger partial charge in [0.15, 0.2) is 23.0 Å². The molecule has 0 saturated heterocycles. The van der Waals surface area contributed by atoms with Gasteiger partial charge in [0.1, 0.15) is 19.0 Å². The van der Waals surface area contributed by atoms with Crippen LogP contribution in [0.2, 0.25) is 0 Å². The standard InChI is InChI=1S/C20H14FNO5/c21-14-5-2-1-4-12(14)19(23)13-10-17-18(27-9-8-26-17)11-15(13)22-20(24)16-6-3-7-25-16/h1-7,10-11H,8-9H2,(H,22,24). The number of carbonyl (C=O) groups excluding carboxylic acids is 2. The van der Waals surface area contributed by atoms with Crippen molar-refractivity contribution in [2.75, 3.05) is 18.5 Å². The number of ketones is 1. The second-order valence-electron chi connectivity index (χ2n) is 5.78. The largest absolute Gasteiger partial charge is 0.486 e. The van der Waals surface area contributed by atoms with Gasteiger partial charge in [-0.1, -0.05) is 12.1 Å². The van der Waals surface area contributed by atoms with Crippen molar-refractivity contribution < 1.29 is 27.9 Å². The van der Waals surface area contributed by atoms with Crippen molar-refractivity contribution in [3.63, 3.8) is 0 Å². The Labute approximate surface area is 153 Å². The quantitative estimate of drug-likeness (QED) is 0.712. The maximum atomic E-state index is 14.1. The number of benzene rings is 2. The lowest BCUT2D eigenvalue weighted by Crippen LogP contribution is -2.19. The SMILES string of the molecule is O=C(Nc1cc2c(cc1C(=O)c1ccccc1F)OCCO2)c1ccco1. The maximum absolute atomic E-state index is 14.1. The average Bonchev–Trinajstić information content (AvgIpc) is 3.22. The molecule has 1 amide bonds. The first-order chi connectivity index (χ1) is 13.1. The fraction of sp³-hybridized carbons (Fsp3) is 0.100. The first kappa shape index (κ1) is 16.8. The number of hydrogen-bond donors (Lipinski definition) is 1. The number of ether oxygens (including phenoxy) is 2. The number of rotatable bonds is 4. The van der Waals surface area contributed by atoms with Crippen molar-refractivity contribution in [1.82, 2.24) is 0 Å². The van der Waals surface area contributed by atoms with Crippen molar-refractivity contribution in [1.29, 1.82) is 0 Å². The highest BCUT2D eigenvalue weighted by molar-refractivity contribution is 6.15. The lowest BCUT2D eigenvalue weighted by Gasteiger charge is -2.21. The van der Waals surface area contributed by atoms with Crippen LogP contribution < -0.4 is 14.8 Å². The second kappa shape index (κ2) is 6.95. The molecule has 6 nitrogen and oxygen atoms in total. The molecule has 0 saturated carbocycles. The molecule has 27 heavy (non-hydrogen) atoms. The number of halogens is 1. The van der Waals surface area contributed by atoms with Crippen LogP contribution in [0.15, 0.2) is 59.2 Å². The van der Waals surface area contributed by atoms with Crippen LogP contribution in [0.25, 0.3) is 0 Å². The van der Waals surface area contributed by atoms with Crippen molar-refractivity contribution in [2.45, 2.75) is 0 Å². The summed E-state index contributed by atoms with van der Waals surface area (Å²) in [7, 11) is 0. The predicted octanol–water partition coefficient (Wildman–Crippen LogP) is 3.67. The number of furan rings is 1. The van der Waals surface area contributed by atoms with Gasteiger partial charge in [-0.3, -0.25) is 9.59 Å². The van der Waals surface area contributed by atoms with Gasteiger partial charge in [0, 0.05) is 6.07 Å². The Hall–Kier alpha value is -3.61. The summed E-state index contributed by atoms with van der Waals surface area (Å²) >= 11 is 0. The fourth-order valence-corrected chi connectivity index (χ4v) is 2.76. The molecule has 0 atom stereocenters. The highest BCUT2D eigenvalue weighted by Crippen LogP contribution is 2.37. The summed E-state index contributed by atoms with van der Waals surface area (Å²) < 4.78 is 30.2. The molecule has 0 radical (unpaired) electrons. The van der Waals surface area contributed by atoms with E-state index in [2.05, 4.69) is 5.32 Å². The third-order valence-electron chi connectivity index (χ3n) is 4.04. The van der Waals surface area contributed by atoms with Crippen LogP contribution in [0, 0.1) is 5.82 Å². The Balaban J connectivity index is 1.77. The molecule has 4 rings (SSSR count). The normalized spacial score (nSPS) is 12.5. The number of hydrogen-bond acceptors (Lipinski definition) is 5. The van der Waals surface area contributed by atoms with E-state index >= 15 is 0 Å². The van der Waals surface area contributed by atoms with Gasteiger partial charge in [-0.2, -0.15) is 0 Å². The molecular weight excluding hydrogens is 353 g/mol. The molecule has 0 aliphatic carbocycles. The Morgan fingerprint density at radius 2 is 1.67 bits per heavy atom. The molecule has 2 heterocycles. The minimum atomic E-state index is -0.652. The number of anilines is 1. The molecular formula is C20H14FNO5. The Morgan fingerprint density at radius 3 is 2.37 bits per heavy atom. The maximum Gasteiger partial charge on any atom is 0.291 e. The fourth-order valence-electron chi connectivity index (χ4n) is 2.76. The molecule has 1 aliphatic rings. The average molecular weight is 367 g/mol. The van der Waals surface area contributed by atoms with Crippen molar-refractivity contribution in [3.05, 3.63) is 77.5 Å². The summed E-state index contributed by atoms with van der Waals surface area (Å²) in [6, 6.07) is 11.6. The second-order valence-corrected chi connectivity index (χ2v) is 5.78. The zero-order valence-corrected chi connectivity index (χ0v) is 14.0. The molecule has 2 aromatic carbocycles. The van der Waals surface area contributed by atoms with Crippen LogP contribution in [-0.2, 0) is 0 Å². The topological polar surface area (TPSA) is 77.8 Å². The summed E-state index contributed by atoms with van der Waals surface area (Å²) in [6.07, 6.45) is 1.37. The molecule has 3 aromatic rings. The zero-order valence-electron chi connectivity index (χ0n) is 14.0. The Morgan fingerprint density at radius 1 is 0.926 bits per heavy atom. The summed E-state index contributed by atoms with van der Waals surface area (Å²) in [5.74, 6) is -0.952.